The Kier molecular flexibility index (Phi) is 54.3. The molecule has 0 aromatic heterocycles. The van der Waals surface area contributed by atoms with Gasteiger partial charge in [-0.2, -0.15) is 0 Å². The molecule has 396 valence electrons. The molecule has 0 fully saturated rings. The second kappa shape index (κ2) is 57.2. The van der Waals surface area contributed by atoms with Crippen LogP contribution in [0.4, 0.5) is 0 Å². The van der Waals surface area contributed by atoms with Crippen molar-refractivity contribution in [1.29, 1.82) is 0 Å². The van der Waals surface area contributed by atoms with Crippen molar-refractivity contribution in [3.05, 3.63) is 85.1 Å². The number of unbranched alkanes of at least 4 members (excludes halogenated alkanes) is 27. The Morgan fingerprint density at radius 2 is 0.565 bits per heavy atom. The van der Waals surface area contributed by atoms with Crippen molar-refractivity contribution in [3.8, 4) is 0 Å². The standard InChI is InChI=1S/C63H108O6/c1-4-7-10-13-15-17-19-20-21-22-23-24-25-26-27-28-29-30-31-32-33-34-35-36-37-38-39-40-41-42-44-45-47-50-53-56-62(65)68-59-60(58-67-61(64)55-52-49-12-9-6-3)69-63(66)57-54-51-48-46-43-18-16-14-11-8-5-2/h7,10,15,17,20-21,23-24,26-27,29-30,32-33,60H,4-6,8-9,11-14,16,18-19,22,25,28,31,34-59H2,1-3H3/b10-7-,17-15-,21-20-,24-23-,27-26-,30-29-,33-32-. The molecule has 0 aliphatic rings. The average Bonchev–Trinajstić information content (AvgIpc) is 3.35. The lowest BCUT2D eigenvalue weighted by Crippen LogP contribution is -2.30. The van der Waals surface area contributed by atoms with Gasteiger partial charge in [-0.05, 0) is 77.0 Å². The number of hydrogen-bond acceptors (Lipinski definition) is 6. The fraction of sp³-hybridized carbons (Fsp3) is 0.730. The van der Waals surface area contributed by atoms with Crippen LogP contribution in [0.1, 0.15) is 278 Å². The molecule has 69 heavy (non-hydrogen) atoms. The molecule has 0 rings (SSSR count). The van der Waals surface area contributed by atoms with Gasteiger partial charge in [0.1, 0.15) is 13.2 Å². The van der Waals surface area contributed by atoms with Crippen LogP contribution in [-0.4, -0.2) is 37.2 Å². The van der Waals surface area contributed by atoms with Crippen LogP contribution in [-0.2, 0) is 28.6 Å². The summed E-state index contributed by atoms with van der Waals surface area (Å²) in [5.74, 6) is -0.884. The summed E-state index contributed by atoms with van der Waals surface area (Å²) in [4.78, 5) is 37.7. The molecule has 0 spiro atoms. The van der Waals surface area contributed by atoms with Gasteiger partial charge in [0.15, 0.2) is 6.10 Å². The normalized spacial score (nSPS) is 12.7. The molecule has 0 amide bonds. The SMILES string of the molecule is CC/C=C\C/C=C\C/C=C\C/C=C\C/C=C\C/C=C\C/C=C\CCCCCCCCCCCCCCCC(=O)OCC(COC(=O)CCCCCCC)OC(=O)CCCCCCCCCCCCC. The van der Waals surface area contributed by atoms with Crippen LogP contribution in [0.3, 0.4) is 0 Å². The summed E-state index contributed by atoms with van der Waals surface area (Å²) in [6, 6.07) is 0. The number of ether oxygens (including phenoxy) is 3. The zero-order chi connectivity index (χ0) is 50.0. The molecule has 6 heteroatoms. The first-order valence-electron chi connectivity index (χ1n) is 29.1. The quantitative estimate of drug-likeness (QED) is 0.0262. The maximum atomic E-state index is 12.7. The van der Waals surface area contributed by atoms with Gasteiger partial charge >= 0.3 is 17.9 Å². The largest absolute Gasteiger partial charge is 0.462 e. The first kappa shape index (κ1) is 65.6. The van der Waals surface area contributed by atoms with Gasteiger partial charge in [-0.15, -0.1) is 0 Å². The van der Waals surface area contributed by atoms with Gasteiger partial charge in [0, 0.05) is 19.3 Å². The van der Waals surface area contributed by atoms with E-state index in [1.165, 1.54) is 128 Å². The molecular weight excluding hydrogens is 853 g/mol. The second-order valence-electron chi connectivity index (χ2n) is 19.2. The lowest BCUT2D eigenvalue weighted by molar-refractivity contribution is -0.167. The van der Waals surface area contributed by atoms with Crippen molar-refractivity contribution >= 4 is 17.9 Å². The number of hydrogen-bond donors (Lipinski definition) is 0. The average molecular weight is 962 g/mol. The van der Waals surface area contributed by atoms with E-state index >= 15 is 0 Å². The first-order valence-corrected chi connectivity index (χ1v) is 29.1. The second-order valence-corrected chi connectivity index (χ2v) is 19.2. The van der Waals surface area contributed by atoms with Crippen LogP contribution in [0.15, 0.2) is 85.1 Å². The molecule has 0 N–H and O–H groups in total. The van der Waals surface area contributed by atoms with E-state index in [0.717, 1.165) is 109 Å². The highest BCUT2D eigenvalue weighted by Gasteiger charge is 2.19. The van der Waals surface area contributed by atoms with Gasteiger partial charge in [0.05, 0.1) is 0 Å². The van der Waals surface area contributed by atoms with Crippen LogP contribution in [0, 0.1) is 0 Å². The monoisotopic (exact) mass is 961 g/mol. The number of rotatable bonds is 52. The summed E-state index contributed by atoms with van der Waals surface area (Å²) in [5.41, 5.74) is 0. The Morgan fingerprint density at radius 1 is 0.304 bits per heavy atom. The number of allylic oxidation sites excluding steroid dienone is 14. The van der Waals surface area contributed by atoms with Gasteiger partial charge in [-0.3, -0.25) is 14.4 Å². The minimum absolute atomic E-state index is 0.0731. The van der Waals surface area contributed by atoms with Crippen LogP contribution in [0.25, 0.3) is 0 Å². The van der Waals surface area contributed by atoms with Crippen LogP contribution < -0.4 is 0 Å². The van der Waals surface area contributed by atoms with E-state index in [9.17, 15) is 14.4 Å². The third kappa shape index (κ3) is 55.4. The van der Waals surface area contributed by atoms with Gasteiger partial charge < -0.3 is 14.2 Å². The third-order valence-corrected chi connectivity index (χ3v) is 12.4. The fourth-order valence-electron chi connectivity index (χ4n) is 8.07. The number of esters is 3. The van der Waals surface area contributed by atoms with Crippen molar-refractivity contribution in [2.24, 2.45) is 0 Å². The van der Waals surface area contributed by atoms with E-state index in [1.807, 2.05) is 0 Å². The highest BCUT2D eigenvalue weighted by Crippen LogP contribution is 2.16. The summed E-state index contributed by atoms with van der Waals surface area (Å²) in [5, 5.41) is 0. The molecule has 0 aromatic rings. The van der Waals surface area contributed by atoms with E-state index in [4.69, 9.17) is 14.2 Å². The van der Waals surface area contributed by atoms with Gasteiger partial charge in [0.2, 0.25) is 0 Å². The zero-order valence-electron chi connectivity index (χ0n) is 45.3. The highest BCUT2D eigenvalue weighted by molar-refractivity contribution is 5.71. The summed E-state index contributed by atoms with van der Waals surface area (Å²) in [6.07, 6.45) is 75.0. The molecule has 6 nitrogen and oxygen atoms in total. The van der Waals surface area contributed by atoms with Gasteiger partial charge in [-0.1, -0.05) is 266 Å². The van der Waals surface area contributed by atoms with E-state index in [1.54, 1.807) is 0 Å². The van der Waals surface area contributed by atoms with Crippen LogP contribution >= 0.6 is 0 Å². The zero-order valence-corrected chi connectivity index (χ0v) is 45.3. The molecule has 0 aromatic carbocycles. The van der Waals surface area contributed by atoms with Crippen molar-refractivity contribution in [3.63, 3.8) is 0 Å². The van der Waals surface area contributed by atoms with Gasteiger partial charge in [0.25, 0.3) is 0 Å². The molecule has 0 radical (unpaired) electrons. The fourth-order valence-corrected chi connectivity index (χ4v) is 8.07. The first-order chi connectivity index (χ1) is 34.0. The number of carbonyl (C=O) groups excluding carboxylic acids is 3. The molecule has 0 saturated carbocycles. The minimum atomic E-state index is -0.767. The van der Waals surface area contributed by atoms with E-state index in [-0.39, 0.29) is 31.1 Å². The topological polar surface area (TPSA) is 78.9 Å². The molecule has 1 unspecified atom stereocenters. The summed E-state index contributed by atoms with van der Waals surface area (Å²) >= 11 is 0. The van der Waals surface area contributed by atoms with Crippen molar-refractivity contribution in [1.82, 2.24) is 0 Å². The Morgan fingerprint density at radius 3 is 0.884 bits per heavy atom. The molecule has 0 saturated heterocycles. The van der Waals surface area contributed by atoms with Crippen molar-refractivity contribution in [2.45, 2.75) is 284 Å². The molecule has 1 atom stereocenters. The smallest absolute Gasteiger partial charge is 0.306 e. The summed E-state index contributed by atoms with van der Waals surface area (Å²) < 4.78 is 16.7. The Labute approximate surface area is 426 Å². The van der Waals surface area contributed by atoms with E-state index in [2.05, 4.69) is 106 Å². The highest BCUT2D eigenvalue weighted by atomic mass is 16.6. The molecule has 0 aliphatic heterocycles. The van der Waals surface area contributed by atoms with E-state index in [0.29, 0.717) is 19.3 Å². The molecule has 0 bridgehead atoms. The number of carbonyl (C=O) groups is 3. The Balaban J connectivity index is 3.92. The van der Waals surface area contributed by atoms with Crippen molar-refractivity contribution in [2.75, 3.05) is 13.2 Å². The maximum Gasteiger partial charge on any atom is 0.306 e. The van der Waals surface area contributed by atoms with E-state index < -0.39 is 6.10 Å². The lowest BCUT2D eigenvalue weighted by atomic mass is 10.0. The Bertz CT molecular complexity index is 1330. The molecular formula is C63H108O6. The molecule has 0 aliphatic carbocycles. The predicted octanol–water partition coefficient (Wildman–Crippen LogP) is 19.5. The minimum Gasteiger partial charge on any atom is -0.462 e. The Hall–Kier alpha value is -3.41. The third-order valence-electron chi connectivity index (χ3n) is 12.4. The van der Waals surface area contributed by atoms with Crippen LogP contribution in [0.5, 0.6) is 0 Å². The van der Waals surface area contributed by atoms with Gasteiger partial charge in [-0.25, -0.2) is 0 Å². The lowest BCUT2D eigenvalue weighted by Gasteiger charge is -2.18. The summed E-state index contributed by atoms with van der Waals surface area (Å²) in [7, 11) is 0. The maximum absolute atomic E-state index is 12.7. The predicted molar refractivity (Wildman–Crippen MR) is 297 cm³/mol. The molecule has 0 heterocycles. The van der Waals surface area contributed by atoms with Crippen molar-refractivity contribution < 1.29 is 28.6 Å². The van der Waals surface area contributed by atoms with Crippen LogP contribution in [0.2, 0.25) is 0 Å². The summed E-state index contributed by atoms with van der Waals surface area (Å²) in [6.45, 7) is 6.44.